The normalized spacial score (nSPS) is 11.2. The van der Waals surface area contributed by atoms with Crippen molar-refractivity contribution in [3.8, 4) is 0 Å². The molecule has 0 aliphatic rings. The third-order valence-electron chi connectivity index (χ3n) is 4.17. The first-order valence-corrected chi connectivity index (χ1v) is 8.93. The largest absolute Gasteiger partial charge is 0.354 e. The maximum absolute atomic E-state index is 12.2. The van der Waals surface area contributed by atoms with Gasteiger partial charge in [-0.15, -0.1) is 0 Å². The Morgan fingerprint density at radius 2 is 2.08 bits per heavy atom. The molecule has 0 spiro atoms. The molecule has 6 heteroatoms. The molecular formula is C19H17BrN4O. The summed E-state index contributed by atoms with van der Waals surface area (Å²) in [4.78, 5) is 20.0. The van der Waals surface area contributed by atoms with E-state index in [1.165, 1.54) is 0 Å². The van der Waals surface area contributed by atoms with Crippen LogP contribution in [0.4, 0.5) is 0 Å². The van der Waals surface area contributed by atoms with Gasteiger partial charge in [0, 0.05) is 34.5 Å². The third kappa shape index (κ3) is 3.44. The summed E-state index contributed by atoms with van der Waals surface area (Å²) in [5, 5.41) is 4.08. The summed E-state index contributed by atoms with van der Waals surface area (Å²) in [6, 6.07) is 16.0. The number of carbonyl (C=O) groups excluding carboxylic acids is 1. The molecule has 25 heavy (non-hydrogen) atoms. The Morgan fingerprint density at radius 1 is 1.20 bits per heavy atom. The smallest absolute Gasteiger partial charge is 0.239 e. The SMILES string of the molecule is O=C(Cn1ccc2cc(Br)ccc21)NCCc1nc2ccccc2[nH]1. The van der Waals surface area contributed by atoms with Gasteiger partial charge in [0.1, 0.15) is 12.4 Å². The van der Waals surface area contributed by atoms with Crippen molar-refractivity contribution in [3.63, 3.8) is 0 Å². The van der Waals surface area contributed by atoms with E-state index < -0.39 is 0 Å². The van der Waals surface area contributed by atoms with Gasteiger partial charge in [-0.1, -0.05) is 28.1 Å². The van der Waals surface area contributed by atoms with Gasteiger partial charge in [0.25, 0.3) is 0 Å². The van der Waals surface area contributed by atoms with Crippen LogP contribution >= 0.6 is 15.9 Å². The molecule has 2 heterocycles. The molecule has 0 aliphatic carbocycles. The standard InChI is InChI=1S/C19H17BrN4O/c20-14-5-6-17-13(11-14)8-10-24(17)12-19(25)21-9-7-18-22-15-3-1-2-4-16(15)23-18/h1-6,8,10-11H,7,9,12H2,(H,21,25)(H,22,23). The Morgan fingerprint density at radius 3 is 2.96 bits per heavy atom. The molecule has 2 aromatic carbocycles. The van der Waals surface area contributed by atoms with E-state index in [4.69, 9.17) is 0 Å². The molecule has 126 valence electrons. The predicted molar refractivity (Wildman–Crippen MR) is 102 cm³/mol. The van der Waals surface area contributed by atoms with Gasteiger partial charge in [0.2, 0.25) is 5.91 Å². The van der Waals surface area contributed by atoms with Gasteiger partial charge >= 0.3 is 0 Å². The highest BCUT2D eigenvalue weighted by molar-refractivity contribution is 9.10. The number of aromatic nitrogens is 3. The van der Waals surface area contributed by atoms with Gasteiger partial charge in [0.15, 0.2) is 0 Å². The Balaban J connectivity index is 1.35. The van der Waals surface area contributed by atoms with Gasteiger partial charge in [-0.3, -0.25) is 4.79 Å². The van der Waals surface area contributed by atoms with Crippen LogP contribution < -0.4 is 5.32 Å². The van der Waals surface area contributed by atoms with Crippen LogP contribution in [-0.2, 0) is 17.8 Å². The van der Waals surface area contributed by atoms with E-state index in [-0.39, 0.29) is 5.91 Å². The number of imidazole rings is 1. The molecule has 0 unspecified atom stereocenters. The van der Waals surface area contributed by atoms with Crippen molar-refractivity contribution < 1.29 is 4.79 Å². The van der Waals surface area contributed by atoms with Gasteiger partial charge < -0.3 is 14.9 Å². The molecule has 0 bridgehead atoms. The van der Waals surface area contributed by atoms with E-state index in [1.807, 2.05) is 59.3 Å². The average Bonchev–Trinajstić information content (AvgIpc) is 3.18. The highest BCUT2D eigenvalue weighted by Crippen LogP contribution is 2.20. The van der Waals surface area contributed by atoms with E-state index in [0.717, 1.165) is 32.2 Å². The Bertz CT molecular complexity index is 1020. The fourth-order valence-electron chi connectivity index (χ4n) is 2.96. The van der Waals surface area contributed by atoms with Crippen LogP contribution in [0.1, 0.15) is 5.82 Å². The van der Waals surface area contributed by atoms with E-state index in [2.05, 4.69) is 31.2 Å². The van der Waals surface area contributed by atoms with Gasteiger partial charge in [-0.25, -0.2) is 4.98 Å². The highest BCUT2D eigenvalue weighted by Gasteiger charge is 2.07. The number of aromatic amines is 1. The Hall–Kier alpha value is -2.60. The van der Waals surface area contributed by atoms with Crippen molar-refractivity contribution >= 4 is 43.8 Å². The minimum absolute atomic E-state index is 0.00321. The number of halogens is 1. The van der Waals surface area contributed by atoms with Crippen LogP contribution in [0.2, 0.25) is 0 Å². The van der Waals surface area contributed by atoms with E-state index in [1.54, 1.807) is 0 Å². The van der Waals surface area contributed by atoms with Crippen LogP contribution in [0.3, 0.4) is 0 Å². The van der Waals surface area contributed by atoms with Crippen LogP contribution in [0.25, 0.3) is 21.9 Å². The number of amides is 1. The van der Waals surface area contributed by atoms with Gasteiger partial charge in [-0.05, 0) is 36.4 Å². The fraction of sp³-hybridized carbons (Fsp3) is 0.158. The molecule has 0 atom stereocenters. The van der Waals surface area contributed by atoms with Crippen molar-refractivity contribution in [3.05, 3.63) is 65.0 Å². The van der Waals surface area contributed by atoms with Crippen LogP contribution in [-0.4, -0.2) is 27.0 Å². The number of H-pyrrole nitrogens is 1. The first kappa shape index (κ1) is 15.9. The first-order valence-electron chi connectivity index (χ1n) is 8.14. The minimum Gasteiger partial charge on any atom is -0.354 e. The summed E-state index contributed by atoms with van der Waals surface area (Å²) in [5.74, 6) is 0.884. The monoisotopic (exact) mass is 396 g/mol. The summed E-state index contributed by atoms with van der Waals surface area (Å²) < 4.78 is 2.99. The summed E-state index contributed by atoms with van der Waals surface area (Å²) in [6.07, 6.45) is 2.62. The molecule has 4 rings (SSSR count). The van der Waals surface area contributed by atoms with Gasteiger partial charge in [-0.2, -0.15) is 0 Å². The molecule has 0 saturated carbocycles. The molecule has 0 radical (unpaired) electrons. The predicted octanol–water partition coefficient (Wildman–Crippen LogP) is 3.64. The number of hydrogen-bond acceptors (Lipinski definition) is 2. The van der Waals surface area contributed by atoms with Crippen LogP contribution in [0.5, 0.6) is 0 Å². The molecule has 0 saturated heterocycles. The summed E-state index contributed by atoms with van der Waals surface area (Å²) >= 11 is 3.46. The Kier molecular flexibility index (Phi) is 4.28. The molecule has 4 aromatic rings. The number of nitrogens with zero attached hydrogens (tertiary/aromatic N) is 2. The second kappa shape index (κ2) is 6.72. The number of nitrogens with one attached hydrogen (secondary N) is 2. The number of carbonyl (C=O) groups is 1. The van der Waals surface area contributed by atoms with E-state index in [9.17, 15) is 4.79 Å². The number of para-hydroxylation sites is 2. The lowest BCUT2D eigenvalue weighted by Gasteiger charge is -2.07. The minimum atomic E-state index is -0.00321. The first-order chi connectivity index (χ1) is 12.2. The third-order valence-corrected chi connectivity index (χ3v) is 4.66. The average molecular weight is 397 g/mol. The number of fused-ring (bicyclic) bond motifs is 2. The molecule has 1 amide bonds. The zero-order valence-electron chi connectivity index (χ0n) is 13.5. The lowest BCUT2D eigenvalue weighted by Crippen LogP contribution is -2.29. The summed E-state index contributed by atoms with van der Waals surface area (Å²) in [7, 11) is 0. The number of rotatable bonds is 5. The van der Waals surface area contributed by atoms with Crippen LogP contribution in [0, 0.1) is 0 Å². The topological polar surface area (TPSA) is 62.7 Å². The van der Waals surface area contributed by atoms with Crippen molar-refractivity contribution in [2.45, 2.75) is 13.0 Å². The maximum Gasteiger partial charge on any atom is 0.239 e. The molecule has 0 fully saturated rings. The molecular weight excluding hydrogens is 380 g/mol. The van der Waals surface area contributed by atoms with Crippen molar-refractivity contribution in [1.29, 1.82) is 0 Å². The highest BCUT2D eigenvalue weighted by atomic mass is 79.9. The van der Waals surface area contributed by atoms with E-state index >= 15 is 0 Å². The maximum atomic E-state index is 12.2. The molecule has 2 N–H and O–H groups in total. The van der Waals surface area contributed by atoms with E-state index in [0.29, 0.717) is 19.5 Å². The zero-order valence-corrected chi connectivity index (χ0v) is 15.1. The summed E-state index contributed by atoms with van der Waals surface area (Å²) in [6.45, 7) is 0.870. The molecule has 5 nitrogen and oxygen atoms in total. The Labute approximate surface area is 153 Å². The molecule has 2 aromatic heterocycles. The van der Waals surface area contributed by atoms with Crippen molar-refractivity contribution in [2.24, 2.45) is 0 Å². The fourth-order valence-corrected chi connectivity index (χ4v) is 3.34. The second-order valence-electron chi connectivity index (χ2n) is 5.95. The quantitative estimate of drug-likeness (QED) is 0.540. The summed E-state index contributed by atoms with van der Waals surface area (Å²) in [5.41, 5.74) is 3.03. The van der Waals surface area contributed by atoms with Crippen LogP contribution in [0.15, 0.2) is 59.2 Å². The van der Waals surface area contributed by atoms with Crippen molar-refractivity contribution in [2.75, 3.05) is 6.54 Å². The second-order valence-corrected chi connectivity index (χ2v) is 6.86. The van der Waals surface area contributed by atoms with Crippen molar-refractivity contribution in [1.82, 2.24) is 19.9 Å². The lowest BCUT2D eigenvalue weighted by atomic mass is 10.2. The zero-order chi connectivity index (χ0) is 17.2. The number of hydrogen-bond donors (Lipinski definition) is 2. The van der Waals surface area contributed by atoms with Gasteiger partial charge in [0.05, 0.1) is 11.0 Å². The molecule has 0 aliphatic heterocycles. The lowest BCUT2D eigenvalue weighted by molar-refractivity contribution is -0.121. The number of benzene rings is 2.